The summed E-state index contributed by atoms with van der Waals surface area (Å²) >= 11 is 0. The van der Waals surface area contributed by atoms with Gasteiger partial charge in [-0.15, -0.1) is 0 Å². The molecule has 0 amide bonds. The molecule has 0 heterocycles. The van der Waals surface area contributed by atoms with Crippen LogP contribution in [-0.4, -0.2) is 73.9 Å². The number of hydrogen-bond acceptors (Lipinski definition) is 4. The molecule has 0 aromatic heterocycles. The maximum atomic E-state index is 9.86. The van der Waals surface area contributed by atoms with Gasteiger partial charge < -0.3 is 20.2 Å². The first-order valence-corrected chi connectivity index (χ1v) is 6.75. The summed E-state index contributed by atoms with van der Waals surface area (Å²) in [5, 5.41) is 13.0. The Morgan fingerprint density at radius 2 is 1.94 bits per heavy atom. The van der Waals surface area contributed by atoms with Crippen molar-refractivity contribution in [3.63, 3.8) is 0 Å². The lowest BCUT2D eigenvalue weighted by atomic mass is 9.75. The smallest absolute Gasteiger partial charge is 0.0791 e. The van der Waals surface area contributed by atoms with Crippen molar-refractivity contribution in [2.75, 3.05) is 47.3 Å². The molecule has 4 heteroatoms. The molecule has 17 heavy (non-hydrogen) atoms. The van der Waals surface area contributed by atoms with Crippen LogP contribution in [0.3, 0.4) is 0 Å². The number of likely N-dealkylation sites (N-methyl/N-ethyl adjacent to an activating group) is 3. The Bertz CT molecular complexity index is 217. The minimum absolute atomic E-state index is 0.265. The highest BCUT2D eigenvalue weighted by Gasteiger charge is 2.39. The largest absolute Gasteiger partial charge is 0.390 e. The molecule has 0 bridgehead atoms. The van der Waals surface area contributed by atoms with Gasteiger partial charge in [0.25, 0.3) is 0 Å². The Hall–Kier alpha value is -0.160. The number of aliphatic hydroxyl groups excluding tert-OH is 1. The second kappa shape index (κ2) is 6.69. The molecule has 1 atom stereocenters. The summed E-state index contributed by atoms with van der Waals surface area (Å²) in [5.74, 6) is 0. The van der Waals surface area contributed by atoms with E-state index >= 15 is 0 Å². The molecule has 0 saturated heterocycles. The maximum absolute atomic E-state index is 9.86. The van der Waals surface area contributed by atoms with Crippen LogP contribution in [0.25, 0.3) is 0 Å². The van der Waals surface area contributed by atoms with E-state index in [4.69, 9.17) is 0 Å². The maximum Gasteiger partial charge on any atom is 0.0791 e. The molecule has 1 rings (SSSR count). The highest BCUT2D eigenvalue weighted by molar-refractivity contribution is 4.98. The average Bonchev–Trinajstić information content (AvgIpc) is 2.19. The Kier molecular flexibility index (Phi) is 5.86. The van der Waals surface area contributed by atoms with Gasteiger partial charge in [-0.2, -0.15) is 0 Å². The van der Waals surface area contributed by atoms with E-state index in [0.29, 0.717) is 12.1 Å². The van der Waals surface area contributed by atoms with Crippen molar-refractivity contribution in [1.29, 1.82) is 0 Å². The van der Waals surface area contributed by atoms with Crippen molar-refractivity contribution in [3.05, 3.63) is 0 Å². The van der Waals surface area contributed by atoms with Crippen LogP contribution in [0.5, 0.6) is 0 Å². The molecule has 0 aliphatic heterocycles. The van der Waals surface area contributed by atoms with Crippen LogP contribution in [0, 0.1) is 0 Å². The van der Waals surface area contributed by atoms with E-state index < -0.39 is 0 Å². The summed E-state index contributed by atoms with van der Waals surface area (Å²) in [5.41, 5.74) is 0.354. The lowest BCUT2D eigenvalue weighted by Crippen LogP contribution is -2.57. The lowest BCUT2D eigenvalue weighted by Gasteiger charge is -2.49. The molecule has 0 spiro atoms. The van der Waals surface area contributed by atoms with Crippen LogP contribution in [0.15, 0.2) is 0 Å². The highest BCUT2D eigenvalue weighted by atomic mass is 16.3. The monoisotopic (exact) mass is 243 g/mol. The van der Waals surface area contributed by atoms with E-state index in [1.165, 1.54) is 19.3 Å². The van der Waals surface area contributed by atoms with Gasteiger partial charge >= 0.3 is 0 Å². The Morgan fingerprint density at radius 3 is 2.35 bits per heavy atom. The minimum atomic E-state index is -0.265. The van der Waals surface area contributed by atoms with Crippen molar-refractivity contribution in [3.8, 4) is 0 Å². The first kappa shape index (κ1) is 14.9. The van der Waals surface area contributed by atoms with Crippen LogP contribution in [0.1, 0.15) is 26.2 Å². The van der Waals surface area contributed by atoms with E-state index in [2.05, 4.69) is 43.2 Å². The van der Waals surface area contributed by atoms with Gasteiger partial charge in [0.15, 0.2) is 0 Å². The molecule has 1 aliphatic carbocycles. The van der Waals surface area contributed by atoms with Crippen molar-refractivity contribution in [2.24, 2.45) is 0 Å². The molecule has 1 fully saturated rings. The Labute approximate surface area is 106 Å². The molecule has 4 nitrogen and oxygen atoms in total. The normalized spacial score (nSPS) is 20.6. The van der Waals surface area contributed by atoms with Crippen molar-refractivity contribution >= 4 is 0 Å². The molecule has 102 valence electrons. The predicted molar refractivity (Wildman–Crippen MR) is 72.3 cm³/mol. The zero-order valence-electron chi connectivity index (χ0n) is 11.9. The molecule has 0 aromatic rings. The Balaban J connectivity index is 2.30. The first-order valence-electron chi connectivity index (χ1n) is 6.75. The molecule has 0 aromatic carbocycles. The topological polar surface area (TPSA) is 38.7 Å². The second-order valence-corrected chi connectivity index (χ2v) is 5.63. The van der Waals surface area contributed by atoms with E-state index in [9.17, 15) is 5.11 Å². The fraction of sp³-hybridized carbons (Fsp3) is 1.00. The molecular weight excluding hydrogens is 214 g/mol. The van der Waals surface area contributed by atoms with Crippen LogP contribution in [-0.2, 0) is 0 Å². The molecule has 1 saturated carbocycles. The molecule has 0 radical (unpaired) electrons. The van der Waals surface area contributed by atoms with E-state index in [0.717, 1.165) is 19.6 Å². The number of aliphatic hydroxyl groups is 1. The van der Waals surface area contributed by atoms with E-state index in [1.807, 2.05) is 0 Å². The standard InChI is InChI=1S/C13H29N3O/c1-5-14-9-12(17)10-16(4)11-13(15(2)3)7-6-8-13/h12,14,17H,5-11H2,1-4H3. The van der Waals surface area contributed by atoms with Crippen LogP contribution < -0.4 is 5.32 Å². The quantitative estimate of drug-likeness (QED) is 0.646. The van der Waals surface area contributed by atoms with Crippen LogP contribution in [0.4, 0.5) is 0 Å². The van der Waals surface area contributed by atoms with Gasteiger partial charge in [-0.1, -0.05) is 6.92 Å². The third-order valence-electron chi connectivity index (χ3n) is 3.95. The third kappa shape index (κ3) is 4.21. The van der Waals surface area contributed by atoms with Crippen molar-refractivity contribution in [2.45, 2.75) is 37.8 Å². The fourth-order valence-electron chi connectivity index (χ4n) is 2.63. The number of nitrogens with zero attached hydrogens (tertiary/aromatic N) is 2. The van der Waals surface area contributed by atoms with Crippen LogP contribution >= 0.6 is 0 Å². The van der Waals surface area contributed by atoms with Gasteiger partial charge in [0, 0.05) is 25.2 Å². The lowest BCUT2D eigenvalue weighted by molar-refractivity contribution is 0.0151. The SMILES string of the molecule is CCNCC(O)CN(C)CC1(N(C)C)CCC1. The van der Waals surface area contributed by atoms with E-state index in [-0.39, 0.29) is 6.10 Å². The van der Waals surface area contributed by atoms with Crippen molar-refractivity contribution < 1.29 is 5.11 Å². The van der Waals surface area contributed by atoms with Gasteiger partial charge in [-0.25, -0.2) is 0 Å². The fourth-order valence-corrected chi connectivity index (χ4v) is 2.63. The van der Waals surface area contributed by atoms with E-state index in [1.54, 1.807) is 0 Å². The summed E-state index contributed by atoms with van der Waals surface area (Å²) in [6.45, 7) is 5.48. The molecular formula is C13H29N3O. The molecule has 1 unspecified atom stereocenters. The Morgan fingerprint density at radius 1 is 1.29 bits per heavy atom. The van der Waals surface area contributed by atoms with Gasteiger partial charge in [-0.05, 0) is 47.0 Å². The summed E-state index contributed by atoms with van der Waals surface area (Å²) in [6.07, 6.45) is 3.65. The zero-order valence-corrected chi connectivity index (χ0v) is 11.9. The summed E-state index contributed by atoms with van der Waals surface area (Å²) in [7, 11) is 6.45. The molecule has 1 aliphatic rings. The second-order valence-electron chi connectivity index (χ2n) is 5.63. The van der Waals surface area contributed by atoms with Gasteiger partial charge in [-0.3, -0.25) is 0 Å². The first-order chi connectivity index (χ1) is 8.00. The van der Waals surface area contributed by atoms with Crippen LogP contribution in [0.2, 0.25) is 0 Å². The number of rotatable bonds is 8. The zero-order chi connectivity index (χ0) is 12.9. The number of hydrogen-bond donors (Lipinski definition) is 2. The van der Waals surface area contributed by atoms with Gasteiger partial charge in [0.2, 0.25) is 0 Å². The summed E-state index contributed by atoms with van der Waals surface area (Å²) < 4.78 is 0. The number of nitrogens with one attached hydrogen (secondary N) is 1. The minimum Gasteiger partial charge on any atom is -0.390 e. The average molecular weight is 243 g/mol. The summed E-state index contributed by atoms with van der Waals surface area (Å²) in [4.78, 5) is 4.62. The third-order valence-corrected chi connectivity index (χ3v) is 3.95. The summed E-state index contributed by atoms with van der Waals surface area (Å²) in [6, 6.07) is 0. The predicted octanol–water partition coefficient (Wildman–Crippen LogP) is 0.373. The highest BCUT2D eigenvalue weighted by Crippen LogP contribution is 2.36. The van der Waals surface area contributed by atoms with Gasteiger partial charge in [0.1, 0.15) is 0 Å². The molecule has 2 N–H and O–H groups in total. The van der Waals surface area contributed by atoms with Gasteiger partial charge in [0.05, 0.1) is 6.10 Å². The van der Waals surface area contributed by atoms with Crippen molar-refractivity contribution in [1.82, 2.24) is 15.1 Å².